The van der Waals surface area contributed by atoms with Gasteiger partial charge in [0.15, 0.2) is 0 Å². The summed E-state index contributed by atoms with van der Waals surface area (Å²) in [5.41, 5.74) is 2.61. The molecule has 0 atom stereocenters. The minimum atomic E-state index is -0.252. The zero-order chi connectivity index (χ0) is 23.5. The number of hydrogen-bond acceptors (Lipinski definition) is 3. The SMILES string of the molecule is CC1CCN(CCCCNC(=O)N(C)CCCCCc2cc(-c3cccc(F)c3)n[nH]2)CC1. The van der Waals surface area contributed by atoms with Gasteiger partial charge in [-0.25, -0.2) is 9.18 Å². The van der Waals surface area contributed by atoms with Crippen molar-refractivity contribution in [1.29, 1.82) is 0 Å². The number of carbonyl (C=O) groups is 1. The molecule has 0 saturated carbocycles. The molecule has 0 spiro atoms. The number of carbonyl (C=O) groups excluding carboxylic acids is 1. The van der Waals surface area contributed by atoms with E-state index in [1.807, 2.05) is 19.2 Å². The van der Waals surface area contributed by atoms with E-state index in [9.17, 15) is 9.18 Å². The number of unbranched alkanes of at least 4 members (excludes halogenated alkanes) is 3. The molecule has 0 radical (unpaired) electrons. The highest BCUT2D eigenvalue weighted by Crippen LogP contribution is 2.19. The minimum Gasteiger partial charge on any atom is -0.338 e. The number of hydrogen-bond donors (Lipinski definition) is 2. The maximum atomic E-state index is 13.4. The molecule has 1 aromatic carbocycles. The molecule has 2 amide bonds. The molecule has 7 heteroatoms. The molecule has 0 bridgehead atoms. The first-order valence-corrected chi connectivity index (χ1v) is 12.5. The molecule has 1 fully saturated rings. The number of likely N-dealkylation sites (tertiary alicyclic amines) is 1. The highest BCUT2D eigenvalue weighted by Gasteiger charge is 2.15. The van der Waals surface area contributed by atoms with Crippen LogP contribution in [0.5, 0.6) is 0 Å². The van der Waals surface area contributed by atoms with Crippen LogP contribution < -0.4 is 5.32 Å². The number of aryl methyl sites for hydroxylation is 1. The first-order chi connectivity index (χ1) is 16.0. The van der Waals surface area contributed by atoms with E-state index in [1.165, 1.54) is 38.1 Å². The van der Waals surface area contributed by atoms with E-state index in [1.54, 1.807) is 11.0 Å². The van der Waals surface area contributed by atoms with E-state index >= 15 is 0 Å². The molecular weight excluding hydrogens is 417 g/mol. The van der Waals surface area contributed by atoms with Gasteiger partial charge in [0.05, 0.1) is 5.69 Å². The van der Waals surface area contributed by atoms with Crippen LogP contribution in [0.15, 0.2) is 30.3 Å². The molecule has 182 valence electrons. The summed E-state index contributed by atoms with van der Waals surface area (Å²) in [4.78, 5) is 16.6. The van der Waals surface area contributed by atoms with E-state index < -0.39 is 0 Å². The van der Waals surface area contributed by atoms with Gasteiger partial charge >= 0.3 is 6.03 Å². The number of nitrogens with zero attached hydrogens (tertiary/aromatic N) is 3. The van der Waals surface area contributed by atoms with Crippen LogP contribution in [0.1, 0.15) is 57.6 Å². The van der Waals surface area contributed by atoms with E-state index in [-0.39, 0.29) is 11.8 Å². The predicted molar refractivity (Wildman–Crippen MR) is 132 cm³/mol. The monoisotopic (exact) mass is 457 g/mol. The third kappa shape index (κ3) is 8.80. The topological polar surface area (TPSA) is 64.3 Å². The third-order valence-corrected chi connectivity index (χ3v) is 6.59. The van der Waals surface area contributed by atoms with Crippen molar-refractivity contribution in [3.8, 4) is 11.3 Å². The Hall–Kier alpha value is -2.41. The van der Waals surface area contributed by atoms with E-state index in [2.05, 4.69) is 27.3 Å². The highest BCUT2D eigenvalue weighted by molar-refractivity contribution is 5.73. The van der Waals surface area contributed by atoms with Crippen LogP contribution in [0.25, 0.3) is 11.3 Å². The Bertz CT molecular complexity index is 847. The Morgan fingerprint density at radius 2 is 2.00 bits per heavy atom. The molecule has 3 rings (SSSR count). The van der Waals surface area contributed by atoms with Crippen LogP contribution in [-0.2, 0) is 6.42 Å². The first-order valence-electron chi connectivity index (χ1n) is 12.5. The van der Waals surface area contributed by atoms with E-state index in [0.29, 0.717) is 0 Å². The number of rotatable bonds is 12. The zero-order valence-electron chi connectivity index (χ0n) is 20.3. The van der Waals surface area contributed by atoms with Crippen LogP contribution in [0.2, 0.25) is 0 Å². The smallest absolute Gasteiger partial charge is 0.317 e. The van der Waals surface area contributed by atoms with Crippen molar-refractivity contribution in [2.75, 3.05) is 39.8 Å². The van der Waals surface area contributed by atoms with Crippen molar-refractivity contribution in [3.05, 3.63) is 41.8 Å². The minimum absolute atomic E-state index is 0.0232. The average Bonchev–Trinajstić information content (AvgIpc) is 3.28. The molecule has 0 aliphatic carbocycles. The van der Waals surface area contributed by atoms with Crippen LogP contribution in [-0.4, -0.2) is 65.8 Å². The molecule has 6 nitrogen and oxygen atoms in total. The average molecular weight is 458 g/mol. The predicted octanol–water partition coefficient (Wildman–Crippen LogP) is 5.08. The fourth-order valence-electron chi connectivity index (χ4n) is 4.30. The Morgan fingerprint density at radius 1 is 1.18 bits per heavy atom. The van der Waals surface area contributed by atoms with Crippen LogP contribution in [0.3, 0.4) is 0 Å². The van der Waals surface area contributed by atoms with Crippen molar-refractivity contribution in [1.82, 2.24) is 25.3 Å². The number of amides is 2. The van der Waals surface area contributed by atoms with Gasteiger partial charge in [0.25, 0.3) is 0 Å². The van der Waals surface area contributed by atoms with Crippen LogP contribution >= 0.6 is 0 Å². The highest BCUT2D eigenvalue weighted by atomic mass is 19.1. The maximum Gasteiger partial charge on any atom is 0.317 e. The maximum absolute atomic E-state index is 13.4. The van der Waals surface area contributed by atoms with Crippen molar-refractivity contribution >= 4 is 6.03 Å². The molecule has 1 aliphatic heterocycles. The van der Waals surface area contributed by atoms with Crippen molar-refractivity contribution in [2.24, 2.45) is 5.92 Å². The van der Waals surface area contributed by atoms with Gasteiger partial charge < -0.3 is 15.1 Å². The summed E-state index contributed by atoms with van der Waals surface area (Å²) in [7, 11) is 1.87. The normalized spacial score (nSPS) is 15.0. The van der Waals surface area contributed by atoms with Crippen LogP contribution in [0.4, 0.5) is 9.18 Å². The molecule has 1 saturated heterocycles. The summed E-state index contributed by atoms with van der Waals surface area (Å²) in [5, 5.41) is 10.4. The van der Waals surface area contributed by atoms with Gasteiger partial charge in [0, 0.05) is 31.4 Å². The fraction of sp³-hybridized carbons (Fsp3) is 0.615. The van der Waals surface area contributed by atoms with Crippen molar-refractivity contribution < 1.29 is 9.18 Å². The zero-order valence-corrected chi connectivity index (χ0v) is 20.3. The molecule has 0 unspecified atom stereocenters. The van der Waals surface area contributed by atoms with Crippen LogP contribution in [0, 0.1) is 11.7 Å². The lowest BCUT2D eigenvalue weighted by atomic mass is 9.99. The van der Waals surface area contributed by atoms with Gasteiger partial charge in [-0.05, 0) is 88.7 Å². The molecule has 2 heterocycles. The lowest BCUT2D eigenvalue weighted by Gasteiger charge is -2.30. The van der Waals surface area contributed by atoms with E-state index in [0.717, 1.165) is 81.0 Å². The molecule has 2 N–H and O–H groups in total. The number of urea groups is 1. The van der Waals surface area contributed by atoms with Gasteiger partial charge in [-0.1, -0.05) is 25.5 Å². The number of aromatic amines is 1. The number of H-pyrrole nitrogens is 1. The third-order valence-electron chi connectivity index (χ3n) is 6.59. The molecule has 2 aromatic rings. The summed E-state index contributed by atoms with van der Waals surface area (Å²) < 4.78 is 13.4. The van der Waals surface area contributed by atoms with Gasteiger partial charge in [-0.3, -0.25) is 5.10 Å². The second kappa shape index (κ2) is 13.3. The Morgan fingerprint density at radius 3 is 2.79 bits per heavy atom. The molecule has 1 aromatic heterocycles. The summed E-state index contributed by atoms with van der Waals surface area (Å²) >= 11 is 0. The van der Waals surface area contributed by atoms with Gasteiger partial charge in [-0.15, -0.1) is 0 Å². The summed E-state index contributed by atoms with van der Waals surface area (Å²) in [6.45, 7) is 7.46. The molecule has 1 aliphatic rings. The standard InChI is InChI=1S/C26H40FN5O/c1-21-12-17-32(18-13-21)16-7-5-14-28-26(33)31(2)15-6-3-4-11-24-20-25(30-29-24)22-9-8-10-23(27)19-22/h8-10,19-21H,3-7,11-18H2,1-2H3,(H,28,33)(H,29,30). The Labute approximate surface area is 197 Å². The largest absolute Gasteiger partial charge is 0.338 e. The quantitative estimate of drug-likeness (QED) is 0.437. The lowest BCUT2D eigenvalue weighted by molar-refractivity contribution is 0.188. The summed E-state index contributed by atoms with van der Waals surface area (Å²) in [5.74, 6) is 0.624. The number of benzene rings is 1. The second-order valence-corrected chi connectivity index (χ2v) is 9.48. The molecule has 33 heavy (non-hydrogen) atoms. The number of halogens is 1. The van der Waals surface area contributed by atoms with Crippen molar-refractivity contribution in [3.63, 3.8) is 0 Å². The van der Waals surface area contributed by atoms with E-state index in [4.69, 9.17) is 0 Å². The lowest BCUT2D eigenvalue weighted by Crippen LogP contribution is -2.38. The van der Waals surface area contributed by atoms with Gasteiger partial charge in [0.2, 0.25) is 0 Å². The Kier molecular flexibility index (Phi) is 10.2. The number of nitrogens with one attached hydrogen (secondary N) is 2. The number of aromatic nitrogens is 2. The Balaban J connectivity index is 1.21. The van der Waals surface area contributed by atoms with Crippen molar-refractivity contribution in [2.45, 2.75) is 58.3 Å². The summed E-state index contributed by atoms with van der Waals surface area (Å²) in [6, 6.07) is 8.50. The van der Waals surface area contributed by atoms with Gasteiger partial charge in [-0.2, -0.15) is 5.10 Å². The number of piperidine rings is 1. The first kappa shape index (κ1) is 25.2. The van der Waals surface area contributed by atoms with Gasteiger partial charge in [0.1, 0.15) is 5.82 Å². The summed E-state index contributed by atoms with van der Waals surface area (Å²) in [6.07, 6.45) is 8.76. The second-order valence-electron chi connectivity index (χ2n) is 9.48. The fourth-order valence-corrected chi connectivity index (χ4v) is 4.30. The molecular formula is C26H40FN5O.